The molecular formula is C10H14N2OS. The molecule has 0 aliphatic carbocycles. The zero-order chi connectivity index (χ0) is 10.2. The van der Waals surface area contributed by atoms with Crippen molar-refractivity contribution in [2.75, 3.05) is 12.3 Å². The first-order valence-electron chi connectivity index (χ1n) is 4.44. The number of rotatable bonds is 5. The highest BCUT2D eigenvalue weighted by Gasteiger charge is 1.93. The first-order valence-corrected chi connectivity index (χ1v) is 5.59. The molecule has 0 aliphatic heterocycles. The Hall–Kier alpha value is -1.16. The second-order valence-electron chi connectivity index (χ2n) is 2.83. The average Bonchev–Trinajstić information content (AvgIpc) is 2.18. The predicted molar refractivity (Wildman–Crippen MR) is 60.2 cm³/mol. The van der Waals surface area contributed by atoms with Gasteiger partial charge in [-0.25, -0.2) is 4.79 Å². The molecule has 14 heavy (non-hydrogen) atoms. The van der Waals surface area contributed by atoms with Gasteiger partial charge in [-0.2, -0.15) is 11.8 Å². The van der Waals surface area contributed by atoms with E-state index >= 15 is 0 Å². The molecule has 0 saturated carbocycles. The van der Waals surface area contributed by atoms with Crippen molar-refractivity contribution in [3.63, 3.8) is 0 Å². The topological polar surface area (TPSA) is 55.1 Å². The van der Waals surface area contributed by atoms with Crippen LogP contribution in [-0.4, -0.2) is 18.3 Å². The van der Waals surface area contributed by atoms with Crippen LogP contribution in [0.1, 0.15) is 5.56 Å². The third-order valence-electron chi connectivity index (χ3n) is 1.66. The van der Waals surface area contributed by atoms with Gasteiger partial charge in [-0.3, -0.25) is 0 Å². The summed E-state index contributed by atoms with van der Waals surface area (Å²) >= 11 is 1.78. The Kier molecular flexibility index (Phi) is 4.93. The smallest absolute Gasteiger partial charge is 0.312 e. The molecule has 1 rings (SSSR count). The van der Waals surface area contributed by atoms with Gasteiger partial charge in [0.1, 0.15) is 0 Å². The Morgan fingerprint density at radius 1 is 1.36 bits per heavy atom. The van der Waals surface area contributed by atoms with Crippen LogP contribution in [-0.2, 0) is 5.75 Å². The number of hydrogen-bond acceptors (Lipinski definition) is 2. The fourth-order valence-corrected chi connectivity index (χ4v) is 1.83. The largest absolute Gasteiger partial charge is 0.352 e. The molecule has 1 aromatic rings. The molecule has 3 nitrogen and oxygen atoms in total. The van der Waals surface area contributed by atoms with E-state index in [0.29, 0.717) is 6.54 Å². The fraction of sp³-hybridized carbons (Fsp3) is 0.300. The Morgan fingerprint density at radius 2 is 2.07 bits per heavy atom. The van der Waals surface area contributed by atoms with Crippen LogP contribution in [0.5, 0.6) is 0 Å². The van der Waals surface area contributed by atoms with Crippen LogP contribution < -0.4 is 11.1 Å². The molecule has 0 heterocycles. The van der Waals surface area contributed by atoms with E-state index in [0.717, 1.165) is 11.5 Å². The summed E-state index contributed by atoms with van der Waals surface area (Å²) in [5.74, 6) is 1.86. The van der Waals surface area contributed by atoms with Gasteiger partial charge >= 0.3 is 6.03 Å². The van der Waals surface area contributed by atoms with E-state index in [1.807, 2.05) is 18.2 Å². The van der Waals surface area contributed by atoms with Crippen LogP contribution in [0.15, 0.2) is 30.3 Å². The van der Waals surface area contributed by atoms with Crippen molar-refractivity contribution in [2.45, 2.75) is 5.75 Å². The third kappa shape index (κ3) is 4.77. The molecule has 0 saturated heterocycles. The number of thioether (sulfide) groups is 1. The number of benzene rings is 1. The standard InChI is InChI=1S/C10H14N2OS/c11-10(13)12-6-7-14-8-9-4-2-1-3-5-9/h1-5H,6-8H2,(H3,11,12,13). The summed E-state index contributed by atoms with van der Waals surface area (Å²) in [5.41, 5.74) is 6.23. The zero-order valence-electron chi connectivity index (χ0n) is 7.90. The normalized spacial score (nSPS) is 9.71. The van der Waals surface area contributed by atoms with E-state index in [4.69, 9.17) is 5.73 Å². The monoisotopic (exact) mass is 210 g/mol. The summed E-state index contributed by atoms with van der Waals surface area (Å²) in [6.07, 6.45) is 0. The summed E-state index contributed by atoms with van der Waals surface area (Å²) in [5, 5.41) is 2.55. The lowest BCUT2D eigenvalue weighted by molar-refractivity contribution is 0.249. The van der Waals surface area contributed by atoms with Gasteiger partial charge in [-0.1, -0.05) is 30.3 Å². The predicted octanol–water partition coefficient (Wildman–Crippen LogP) is 1.59. The van der Waals surface area contributed by atoms with Crippen LogP contribution in [0.25, 0.3) is 0 Å². The van der Waals surface area contributed by atoms with Gasteiger partial charge in [-0.05, 0) is 5.56 Å². The van der Waals surface area contributed by atoms with Crippen LogP contribution in [0.4, 0.5) is 4.79 Å². The molecule has 0 radical (unpaired) electrons. The number of carbonyl (C=O) groups excluding carboxylic acids is 1. The average molecular weight is 210 g/mol. The minimum Gasteiger partial charge on any atom is -0.352 e. The molecule has 0 atom stereocenters. The maximum atomic E-state index is 10.3. The molecule has 1 aromatic carbocycles. The van der Waals surface area contributed by atoms with E-state index in [1.165, 1.54) is 5.56 Å². The summed E-state index contributed by atoms with van der Waals surface area (Å²) < 4.78 is 0. The van der Waals surface area contributed by atoms with Crippen molar-refractivity contribution in [3.05, 3.63) is 35.9 Å². The van der Waals surface area contributed by atoms with Crippen molar-refractivity contribution in [3.8, 4) is 0 Å². The third-order valence-corrected chi connectivity index (χ3v) is 2.69. The minimum atomic E-state index is -0.453. The molecule has 0 fully saturated rings. The van der Waals surface area contributed by atoms with Crippen molar-refractivity contribution < 1.29 is 4.79 Å². The van der Waals surface area contributed by atoms with Gasteiger partial charge in [0.05, 0.1) is 0 Å². The van der Waals surface area contributed by atoms with Crippen LogP contribution in [0.3, 0.4) is 0 Å². The quantitative estimate of drug-likeness (QED) is 0.725. The van der Waals surface area contributed by atoms with Gasteiger partial charge in [-0.15, -0.1) is 0 Å². The van der Waals surface area contributed by atoms with Gasteiger partial charge in [0.2, 0.25) is 0 Å². The number of nitrogens with one attached hydrogen (secondary N) is 1. The van der Waals surface area contributed by atoms with Crippen LogP contribution >= 0.6 is 11.8 Å². The zero-order valence-corrected chi connectivity index (χ0v) is 8.72. The fourth-order valence-electron chi connectivity index (χ4n) is 1.01. The van der Waals surface area contributed by atoms with Crippen molar-refractivity contribution in [1.29, 1.82) is 0 Å². The molecule has 0 spiro atoms. The lowest BCUT2D eigenvalue weighted by Gasteiger charge is -2.02. The number of urea groups is 1. The Bertz CT molecular complexity index is 277. The molecule has 0 unspecified atom stereocenters. The van der Waals surface area contributed by atoms with Crippen molar-refractivity contribution in [2.24, 2.45) is 5.73 Å². The van der Waals surface area contributed by atoms with E-state index in [1.54, 1.807) is 11.8 Å². The van der Waals surface area contributed by atoms with E-state index in [-0.39, 0.29) is 0 Å². The van der Waals surface area contributed by atoms with Gasteiger partial charge in [0, 0.05) is 18.1 Å². The highest BCUT2D eigenvalue weighted by Crippen LogP contribution is 2.10. The number of carbonyl (C=O) groups is 1. The van der Waals surface area contributed by atoms with E-state index in [9.17, 15) is 4.79 Å². The first-order chi connectivity index (χ1) is 6.79. The summed E-state index contributed by atoms with van der Waals surface area (Å²) in [7, 11) is 0. The van der Waals surface area contributed by atoms with Crippen molar-refractivity contribution >= 4 is 17.8 Å². The number of amides is 2. The maximum absolute atomic E-state index is 10.3. The Morgan fingerprint density at radius 3 is 2.71 bits per heavy atom. The molecule has 76 valence electrons. The molecule has 4 heteroatoms. The maximum Gasteiger partial charge on any atom is 0.312 e. The first kappa shape index (κ1) is 10.9. The molecular weight excluding hydrogens is 196 g/mol. The van der Waals surface area contributed by atoms with Crippen LogP contribution in [0, 0.1) is 0 Å². The lowest BCUT2D eigenvalue weighted by atomic mass is 10.2. The SMILES string of the molecule is NC(=O)NCCSCc1ccccc1. The van der Waals surface area contributed by atoms with Gasteiger partial charge in [0.25, 0.3) is 0 Å². The summed E-state index contributed by atoms with van der Waals surface area (Å²) in [6, 6.07) is 9.78. The summed E-state index contributed by atoms with van der Waals surface area (Å²) in [6.45, 7) is 0.632. The number of hydrogen-bond donors (Lipinski definition) is 2. The highest BCUT2D eigenvalue weighted by atomic mass is 32.2. The van der Waals surface area contributed by atoms with E-state index in [2.05, 4.69) is 17.4 Å². The van der Waals surface area contributed by atoms with E-state index < -0.39 is 6.03 Å². The number of nitrogens with two attached hydrogens (primary N) is 1. The Balaban J connectivity index is 2.08. The lowest BCUT2D eigenvalue weighted by Crippen LogP contribution is -2.31. The number of primary amides is 1. The second kappa shape index (κ2) is 6.32. The molecule has 3 N–H and O–H groups in total. The minimum absolute atomic E-state index is 0.453. The molecule has 0 aliphatic rings. The van der Waals surface area contributed by atoms with Gasteiger partial charge in [0.15, 0.2) is 0 Å². The molecule has 0 bridgehead atoms. The second-order valence-corrected chi connectivity index (χ2v) is 3.93. The highest BCUT2D eigenvalue weighted by molar-refractivity contribution is 7.98. The molecule has 2 amide bonds. The van der Waals surface area contributed by atoms with Crippen LogP contribution in [0.2, 0.25) is 0 Å². The summed E-state index contributed by atoms with van der Waals surface area (Å²) in [4.78, 5) is 10.3. The van der Waals surface area contributed by atoms with Crippen molar-refractivity contribution in [1.82, 2.24) is 5.32 Å². The van der Waals surface area contributed by atoms with Gasteiger partial charge < -0.3 is 11.1 Å². The molecule has 0 aromatic heterocycles. The Labute approximate surface area is 88.1 Å².